The van der Waals surface area contributed by atoms with Crippen molar-refractivity contribution < 1.29 is 0 Å². The second-order valence-corrected chi connectivity index (χ2v) is 13.3. The zero-order chi connectivity index (χ0) is 33.3. The van der Waals surface area contributed by atoms with Crippen LogP contribution in [0.1, 0.15) is 52.0 Å². The Kier molecular flexibility index (Phi) is 8.32. The predicted octanol–water partition coefficient (Wildman–Crippen LogP) is 12.5. The topological polar surface area (TPSA) is 0 Å². The number of allylic oxidation sites excluding steroid dienone is 6. The third kappa shape index (κ3) is 5.42. The van der Waals surface area contributed by atoms with E-state index in [4.69, 9.17) is 0 Å². The highest BCUT2D eigenvalue weighted by Gasteiger charge is 2.30. The van der Waals surface area contributed by atoms with Gasteiger partial charge in [-0.25, -0.2) is 0 Å². The van der Waals surface area contributed by atoms with E-state index in [0.717, 1.165) is 19.3 Å². The summed E-state index contributed by atoms with van der Waals surface area (Å²) in [6.07, 6.45) is 18.4. The first kappa shape index (κ1) is 30.8. The summed E-state index contributed by atoms with van der Waals surface area (Å²) in [5.74, 6) is 0. The van der Waals surface area contributed by atoms with Gasteiger partial charge in [0, 0.05) is 0 Å². The summed E-state index contributed by atoms with van der Waals surface area (Å²) in [6, 6.07) is 43.0. The molecule has 0 spiro atoms. The fourth-order valence-corrected chi connectivity index (χ4v) is 8.00. The van der Waals surface area contributed by atoms with E-state index in [1.165, 1.54) is 100.0 Å². The van der Waals surface area contributed by atoms with Crippen LogP contribution in [-0.4, -0.2) is 0 Å². The Morgan fingerprint density at radius 3 is 1.78 bits per heavy atom. The van der Waals surface area contributed by atoms with Crippen LogP contribution in [0.2, 0.25) is 0 Å². The van der Waals surface area contributed by atoms with Gasteiger partial charge in [0.15, 0.2) is 0 Å². The van der Waals surface area contributed by atoms with Gasteiger partial charge in [0.2, 0.25) is 0 Å². The van der Waals surface area contributed by atoms with Crippen LogP contribution >= 0.6 is 0 Å². The largest absolute Gasteiger partial charge is 0.0843 e. The molecule has 0 bridgehead atoms. The van der Waals surface area contributed by atoms with E-state index in [1.54, 1.807) is 0 Å². The molecule has 0 heterocycles. The molecule has 0 fully saturated rings. The van der Waals surface area contributed by atoms with Crippen molar-refractivity contribution in [3.63, 3.8) is 0 Å². The number of fused-ring (bicyclic) bond motifs is 4. The summed E-state index contributed by atoms with van der Waals surface area (Å²) < 4.78 is 0. The maximum Gasteiger partial charge on any atom is -0.000753 e. The van der Waals surface area contributed by atoms with Gasteiger partial charge in [-0.2, -0.15) is 0 Å². The highest BCUT2D eigenvalue weighted by molar-refractivity contribution is 6.23. The Bertz CT molecular complexity index is 2320. The third-order valence-electron chi connectivity index (χ3n) is 10.2. The Labute approximate surface area is 290 Å². The number of unbranched alkanes of at least 4 members (excludes halogenated alkanes) is 1. The molecule has 0 unspecified atom stereocenters. The maximum atomic E-state index is 2.48. The number of hydrogen-bond donors (Lipinski definition) is 0. The van der Waals surface area contributed by atoms with Crippen molar-refractivity contribution in [2.24, 2.45) is 0 Å². The van der Waals surface area contributed by atoms with Crippen molar-refractivity contribution in [1.82, 2.24) is 0 Å². The molecule has 6 aromatic rings. The molecular formula is C49H42. The van der Waals surface area contributed by atoms with Gasteiger partial charge in [-0.3, -0.25) is 0 Å². The Morgan fingerprint density at radius 1 is 0.592 bits per heavy atom. The molecule has 0 aromatic heterocycles. The van der Waals surface area contributed by atoms with Crippen LogP contribution in [0.4, 0.5) is 0 Å². The van der Waals surface area contributed by atoms with Gasteiger partial charge >= 0.3 is 0 Å². The lowest BCUT2D eigenvalue weighted by molar-refractivity contribution is 0.957. The number of rotatable bonds is 8. The van der Waals surface area contributed by atoms with Crippen LogP contribution < -0.4 is 10.4 Å². The first-order chi connectivity index (χ1) is 24.2. The SMILES string of the molecule is C\C=C(/C=C(C)/C=C\CCC)c1ccc(-c2ccc3c4c(cccc24)-c2c-3c(-c3ccccc3)c3c(c2-c2ccccc2)=CCCC=3)cc1. The fraction of sp³-hybridized carbons (Fsp3) is 0.143. The average molecular weight is 631 g/mol. The quantitative estimate of drug-likeness (QED) is 0.147. The minimum Gasteiger partial charge on any atom is -0.0843 e. The molecule has 2 aliphatic carbocycles. The molecule has 2 aliphatic rings. The highest BCUT2D eigenvalue weighted by atomic mass is 14.3. The van der Waals surface area contributed by atoms with Gasteiger partial charge in [0.25, 0.3) is 0 Å². The van der Waals surface area contributed by atoms with Gasteiger partial charge in [0.1, 0.15) is 0 Å². The van der Waals surface area contributed by atoms with Crippen LogP contribution in [0.15, 0.2) is 145 Å². The monoisotopic (exact) mass is 630 g/mol. The molecule has 238 valence electrons. The maximum absolute atomic E-state index is 2.48. The lowest BCUT2D eigenvalue weighted by Crippen LogP contribution is -2.32. The minimum absolute atomic E-state index is 1.07. The van der Waals surface area contributed by atoms with Gasteiger partial charge in [-0.05, 0) is 121 Å². The van der Waals surface area contributed by atoms with Crippen molar-refractivity contribution in [2.75, 3.05) is 0 Å². The zero-order valence-electron chi connectivity index (χ0n) is 28.8. The first-order valence-electron chi connectivity index (χ1n) is 17.9. The lowest BCUT2D eigenvalue weighted by Gasteiger charge is -2.20. The van der Waals surface area contributed by atoms with E-state index in [1.807, 2.05) is 0 Å². The molecule has 0 nitrogen and oxygen atoms in total. The van der Waals surface area contributed by atoms with E-state index in [9.17, 15) is 0 Å². The van der Waals surface area contributed by atoms with Crippen molar-refractivity contribution in [3.05, 3.63) is 161 Å². The van der Waals surface area contributed by atoms with E-state index in [0.29, 0.717) is 0 Å². The minimum atomic E-state index is 1.07. The summed E-state index contributed by atoms with van der Waals surface area (Å²) in [7, 11) is 0. The fourth-order valence-electron chi connectivity index (χ4n) is 8.00. The predicted molar refractivity (Wildman–Crippen MR) is 214 cm³/mol. The Hall–Kier alpha value is -5.46. The average Bonchev–Trinajstić information content (AvgIpc) is 3.48. The Balaban J connectivity index is 1.33. The summed E-state index contributed by atoms with van der Waals surface area (Å²) in [5, 5.41) is 5.43. The van der Waals surface area contributed by atoms with Crippen molar-refractivity contribution in [1.29, 1.82) is 0 Å². The van der Waals surface area contributed by atoms with E-state index in [2.05, 4.69) is 172 Å². The molecule has 0 atom stereocenters. The molecule has 0 amide bonds. The number of benzene rings is 6. The van der Waals surface area contributed by atoms with Gasteiger partial charge in [0.05, 0.1) is 0 Å². The van der Waals surface area contributed by atoms with Crippen LogP contribution in [0, 0.1) is 0 Å². The molecule has 8 rings (SSSR count). The third-order valence-corrected chi connectivity index (χ3v) is 10.2. The standard InChI is InChI=1S/C49H42/c1-4-6-9-17-33(3)32-34(5-2)35-26-28-36(29-27-35)39-30-31-44-47-40(39)24-16-25-43(47)48-45(37-18-10-7-11-19-37)41-22-14-15-23-42(41)46(49(44)48)38-20-12-8-13-21-38/h5,7-13,16-32H,4,6,14-15H2,1-3H3/b17-9-,33-32+,34-5+. The van der Waals surface area contributed by atoms with Gasteiger partial charge < -0.3 is 0 Å². The van der Waals surface area contributed by atoms with Gasteiger partial charge in [-0.15, -0.1) is 0 Å². The molecule has 0 N–H and O–H groups in total. The van der Waals surface area contributed by atoms with Crippen molar-refractivity contribution in [2.45, 2.75) is 46.5 Å². The lowest BCUT2D eigenvalue weighted by atomic mass is 9.83. The summed E-state index contributed by atoms with van der Waals surface area (Å²) in [5.41, 5.74) is 17.0. The van der Waals surface area contributed by atoms with E-state index in [-0.39, 0.29) is 0 Å². The molecular weight excluding hydrogens is 589 g/mol. The molecule has 0 saturated heterocycles. The zero-order valence-corrected chi connectivity index (χ0v) is 28.8. The normalized spacial score (nSPS) is 13.7. The molecule has 0 saturated carbocycles. The molecule has 0 radical (unpaired) electrons. The second-order valence-electron chi connectivity index (χ2n) is 13.3. The first-order valence-corrected chi connectivity index (χ1v) is 17.9. The number of hydrogen-bond acceptors (Lipinski definition) is 0. The van der Waals surface area contributed by atoms with Crippen molar-refractivity contribution in [3.8, 4) is 55.6 Å². The molecule has 0 heteroatoms. The molecule has 0 aliphatic heterocycles. The Morgan fingerprint density at radius 2 is 1.18 bits per heavy atom. The van der Waals surface area contributed by atoms with Gasteiger partial charge in [-0.1, -0.05) is 171 Å². The van der Waals surface area contributed by atoms with Crippen LogP contribution in [0.25, 0.3) is 84.1 Å². The second kappa shape index (κ2) is 13.2. The summed E-state index contributed by atoms with van der Waals surface area (Å²) >= 11 is 0. The highest BCUT2D eigenvalue weighted by Crippen LogP contribution is 2.54. The summed E-state index contributed by atoms with van der Waals surface area (Å²) in [4.78, 5) is 0. The van der Waals surface area contributed by atoms with Crippen LogP contribution in [0.5, 0.6) is 0 Å². The summed E-state index contributed by atoms with van der Waals surface area (Å²) in [6.45, 7) is 6.54. The van der Waals surface area contributed by atoms with E-state index < -0.39 is 0 Å². The van der Waals surface area contributed by atoms with Crippen LogP contribution in [0.3, 0.4) is 0 Å². The van der Waals surface area contributed by atoms with Crippen molar-refractivity contribution >= 4 is 28.5 Å². The smallest absolute Gasteiger partial charge is 0.000753 e. The van der Waals surface area contributed by atoms with Crippen LogP contribution in [-0.2, 0) is 0 Å². The molecule has 49 heavy (non-hydrogen) atoms. The van der Waals surface area contributed by atoms with E-state index >= 15 is 0 Å². The molecule has 6 aromatic carbocycles.